The fourth-order valence-electron chi connectivity index (χ4n) is 2.82. The largest absolute Gasteiger partial charge is 0.431 e. The van der Waals surface area contributed by atoms with E-state index in [0.717, 1.165) is 17.7 Å². The summed E-state index contributed by atoms with van der Waals surface area (Å²) in [7, 11) is 0. The number of Topliss-reactive ketones (excluding diaryl/α,β-unsaturated/α-hetero) is 1. The number of carbonyl (C=O) groups is 1. The van der Waals surface area contributed by atoms with Crippen molar-refractivity contribution in [3.63, 3.8) is 0 Å². The summed E-state index contributed by atoms with van der Waals surface area (Å²) in [6.07, 6.45) is 6.09. The number of ether oxygens (including phenoxy) is 2. The fraction of sp³-hybridized carbons (Fsp3) is 0.190. The second-order valence-electron chi connectivity index (χ2n) is 6.32. The zero-order valence-electron chi connectivity index (χ0n) is 16.2. The molecule has 0 unspecified atom stereocenters. The number of nitrogens with zero attached hydrogens (tertiary/aromatic N) is 3. The highest BCUT2D eigenvalue weighted by Crippen LogP contribution is 2.37. The van der Waals surface area contributed by atoms with Crippen LogP contribution in [-0.2, 0) is 6.54 Å². The van der Waals surface area contributed by atoms with Crippen LogP contribution in [0.3, 0.4) is 0 Å². The van der Waals surface area contributed by atoms with Crippen molar-refractivity contribution < 1.29 is 31.8 Å². The van der Waals surface area contributed by atoms with Crippen LogP contribution >= 0.6 is 0 Å². The minimum atomic E-state index is -3.25. The van der Waals surface area contributed by atoms with Gasteiger partial charge in [-0.1, -0.05) is 6.07 Å². The van der Waals surface area contributed by atoms with Crippen molar-refractivity contribution in [2.75, 3.05) is 4.90 Å². The van der Waals surface area contributed by atoms with Crippen LogP contribution in [0.15, 0.2) is 61.2 Å². The number of benzene rings is 1. The first kappa shape index (κ1) is 22.0. The van der Waals surface area contributed by atoms with Crippen molar-refractivity contribution in [1.82, 2.24) is 9.97 Å². The second-order valence-corrected chi connectivity index (χ2v) is 6.32. The lowest BCUT2D eigenvalue weighted by Crippen LogP contribution is -2.18. The van der Waals surface area contributed by atoms with Gasteiger partial charge < -0.3 is 14.4 Å². The summed E-state index contributed by atoms with van der Waals surface area (Å²) in [6, 6.07) is 8.78. The van der Waals surface area contributed by atoms with Gasteiger partial charge in [0.15, 0.2) is 17.3 Å². The molecule has 6 nitrogen and oxygen atoms in total. The molecule has 0 aliphatic rings. The topological polar surface area (TPSA) is 64.6 Å². The molecule has 0 saturated carbocycles. The monoisotopic (exact) mass is 435 g/mol. The smallest absolute Gasteiger partial charge is 0.387 e. The molecular weight excluding hydrogens is 418 g/mol. The van der Waals surface area contributed by atoms with E-state index in [1.54, 1.807) is 35.5 Å². The predicted octanol–water partition coefficient (Wildman–Crippen LogP) is 5.22. The van der Waals surface area contributed by atoms with E-state index in [9.17, 15) is 22.4 Å². The van der Waals surface area contributed by atoms with E-state index in [2.05, 4.69) is 19.4 Å². The zero-order valence-corrected chi connectivity index (χ0v) is 16.2. The lowest BCUT2D eigenvalue weighted by molar-refractivity contribution is -0.0692. The summed E-state index contributed by atoms with van der Waals surface area (Å²) < 4.78 is 59.7. The summed E-state index contributed by atoms with van der Waals surface area (Å²) >= 11 is 0. The van der Waals surface area contributed by atoms with Gasteiger partial charge in [0.05, 0.1) is 11.9 Å². The summed E-state index contributed by atoms with van der Waals surface area (Å²) in [5, 5.41) is 0. The third-order valence-corrected chi connectivity index (χ3v) is 4.18. The molecule has 0 spiro atoms. The van der Waals surface area contributed by atoms with Crippen molar-refractivity contribution in [1.29, 1.82) is 0 Å². The second kappa shape index (κ2) is 9.88. The molecule has 0 aliphatic carbocycles. The average Bonchev–Trinajstić information content (AvgIpc) is 2.73. The Morgan fingerprint density at radius 2 is 1.68 bits per heavy atom. The number of carbonyl (C=O) groups excluding carboxylic acids is 1. The van der Waals surface area contributed by atoms with Gasteiger partial charge in [0.25, 0.3) is 0 Å². The molecule has 0 aliphatic heterocycles. The van der Waals surface area contributed by atoms with Crippen LogP contribution in [0, 0.1) is 0 Å². The predicted molar refractivity (Wildman–Crippen MR) is 104 cm³/mol. The Morgan fingerprint density at radius 3 is 2.32 bits per heavy atom. The number of hydrogen-bond acceptors (Lipinski definition) is 6. The molecule has 2 aromatic heterocycles. The number of alkyl halides is 4. The molecule has 0 radical (unpaired) electrons. The van der Waals surface area contributed by atoms with E-state index in [0.29, 0.717) is 16.9 Å². The summed E-state index contributed by atoms with van der Waals surface area (Å²) in [4.78, 5) is 21.6. The maximum Gasteiger partial charge on any atom is 0.387 e. The Morgan fingerprint density at radius 1 is 0.935 bits per heavy atom. The Balaban J connectivity index is 2.08. The summed E-state index contributed by atoms with van der Waals surface area (Å²) in [5.41, 5.74) is 1.90. The number of rotatable bonds is 9. The van der Waals surface area contributed by atoms with Crippen LogP contribution in [0.25, 0.3) is 0 Å². The number of aromatic nitrogens is 2. The lowest BCUT2D eigenvalue weighted by atomic mass is 10.1. The van der Waals surface area contributed by atoms with Crippen molar-refractivity contribution in [2.45, 2.75) is 26.7 Å². The van der Waals surface area contributed by atoms with Gasteiger partial charge in [-0.25, -0.2) is 0 Å². The molecule has 0 saturated heterocycles. The molecule has 0 bridgehead atoms. The first-order valence-corrected chi connectivity index (χ1v) is 8.99. The van der Waals surface area contributed by atoms with Crippen LogP contribution in [0.4, 0.5) is 28.9 Å². The van der Waals surface area contributed by atoms with Crippen LogP contribution in [0.5, 0.6) is 11.5 Å². The molecule has 162 valence electrons. The van der Waals surface area contributed by atoms with Crippen LogP contribution in [0.2, 0.25) is 0 Å². The first-order chi connectivity index (χ1) is 14.8. The van der Waals surface area contributed by atoms with Gasteiger partial charge in [-0.3, -0.25) is 14.8 Å². The number of pyridine rings is 2. The molecule has 0 N–H and O–H groups in total. The Labute approximate surface area is 175 Å². The van der Waals surface area contributed by atoms with Gasteiger partial charge in [-0.15, -0.1) is 0 Å². The maximum atomic E-state index is 12.8. The van der Waals surface area contributed by atoms with Crippen molar-refractivity contribution in [2.24, 2.45) is 0 Å². The summed E-state index contributed by atoms with van der Waals surface area (Å²) in [6.45, 7) is -4.85. The maximum absolute atomic E-state index is 12.8. The molecule has 31 heavy (non-hydrogen) atoms. The molecule has 1 aromatic carbocycles. The molecular formula is C21H17F4N3O3. The Hall–Kier alpha value is -3.69. The molecule has 3 aromatic rings. The van der Waals surface area contributed by atoms with Gasteiger partial charge in [-0.05, 0) is 36.8 Å². The number of halogens is 4. The molecule has 0 fully saturated rings. The third kappa shape index (κ3) is 5.91. The van der Waals surface area contributed by atoms with Gasteiger partial charge >= 0.3 is 13.2 Å². The van der Waals surface area contributed by atoms with Gasteiger partial charge in [0.1, 0.15) is 0 Å². The van der Waals surface area contributed by atoms with E-state index in [-0.39, 0.29) is 12.3 Å². The van der Waals surface area contributed by atoms with Crippen LogP contribution in [-0.4, -0.2) is 29.0 Å². The Bertz CT molecular complexity index is 1040. The van der Waals surface area contributed by atoms with E-state index < -0.39 is 24.7 Å². The quantitative estimate of drug-likeness (QED) is 0.339. The highest BCUT2D eigenvalue weighted by atomic mass is 19.3. The van der Waals surface area contributed by atoms with Gasteiger partial charge in [0, 0.05) is 42.5 Å². The van der Waals surface area contributed by atoms with Crippen molar-refractivity contribution in [3.8, 4) is 11.5 Å². The van der Waals surface area contributed by atoms with E-state index >= 15 is 0 Å². The SMILES string of the molecule is CC(=O)c1cncc(N(Cc2cccnc2)c2ccc(OC(F)F)c(OC(F)F)c2)c1. The average molecular weight is 435 g/mol. The van der Waals surface area contributed by atoms with Crippen molar-refractivity contribution in [3.05, 3.63) is 72.3 Å². The minimum absolute atomic E-state index is 0.210. The summed E-state index contributed by atoms with van der Waals surface area (Å²) in [5.74, 6) is -1.30. The normalized spacial score (nSPS) is 10.9. The van der Waals surface area contributed by atoms with Crippen LogP contribution in [0.1, 0.15) is 22.8 Å². The zero-order chi connectivity index (χ0) is 22.4. The highest BCUT2D eigenvalue weighted by Gasteiger charge is 2.19. The van der Waals surface area contributed by atoms with Crippen molar-refractivity contribution >= 4 is 17.2 Å². The molecule has 3 rings (SSSR count). The fourth-order valence-corrected chi connectivity index (χ4v) is 2.82. The standard InChI is InChI=1S/C21H17F4N3O3/c1-13(29)15-7-17(11-27-10-15)28(12-14-3-2-6-26-9-14)16-4-5-18(30-20(22)23)19(8-16)31-21(24)25/h2-11,20-21H,12H2,1H3. The Kier molecular flexibility index (Phi) is 7.01. The highest BCUT2D eigenvalue weighted by molar-refractivity contribution is 5.94. The molecule has 10 heteroatoms. The van der Waals surface area contributed by atoms with E-state index in [1.165, 1.54) is 25.4 Å². The van der Waals surface area contributed by atoms with Gasteiger partial charge in [0.2, 0.25) is 0 Å². The number of hydrogen-bond donors (Lipinski definition) is 0. The number of ketones is 1. The molecule has 0 amide bonds. The molecule has 0 atom stereocenters. The first-order valence-electron chi connectivity index (χ1n) is 8.99. The third-order valence-electron chi connectivity index (χ3n) is 4.18. The van der Waals surface area contributed by atoms with E-state index in [1.807, 2.05) is 0 Å². The van der Waals surface area contributed by atoms with Gasteiger partial charge in [-0.2, -0.15) is 17.6 Å². The minimum Gasteiger partial charge on any atom is -0.431 e. The molecule has 2 heterocycles. The lowest BCUT2D eigenvalue weighted by Gasteiger charge is -2.26. The number of anilines is 2. The van der Waals surface area contributed by atoms with E-state index in [4.69, 9.17) is 0 Å². The van der Waals surface area contributed by atoms with Crippen LogP contribution < -0.4 is 14.4 Å².